The van der Waals surface area contributed by atoms with Crippen molar-refractivity contribution in [3.8, 4) is 5.75 Å². The van der Waals surface area contributed by atoms with Crippen molar-refractivity contribution in [2.24, 2.45) is 0 Å². The van der Waals surface area contributed by atoms with E-state index in [1.54, 1.807) is 6.07 Å². The number of nitrogens with one attached hydrogen (secondary N) is 1. The molecule has 0 aliphatic heterocycles. The monoisotopic (exact) mass is 241 g/mol. The maximum absolute atomic E-state index is 10.9. The van der Waals surface area contributed by atoms with Gasteiger partial charge in [0.2, 0.25) is 0 Å². The summed E-state index contributed by atoms with van der Waals surface area (Å²) in [6.45, 7) is 3.16. The summed E-state index contributed by atoms with van der Waals surface area (Å²) in [6.07, 6.45) is -0.0642. The lowest BCUT2D eigenvalue weighted by molar-refractivity contribution is 0.0308. The summed E-state index contributed by atoms with van der Waals surface area (Å²) in [5.74, 6) is -0.643. The summed E-state index contributed by atoms with van der Waals surface area (Å²) in [6, 6.07) is 4.39. The Labute approximate surface area is 98.7 Å². The highest BCUT2D eigenvalue weighted by molar-refractivity contribution is 5.89. The van der Waals surface area contributed by atoms with Gasteiger partial charge in [0.1, 0.15) is 5.75 Å². The fraction of sp³-hybridized carbons (Fsp3) is 0.364. The Morgan fingerprint density at radius 1 is 1.41 bits per heavy atom. The highest BCUT2D eigenvalue weighted by Gasteiger charge is 2.09. The first-order chi connectivity index (χ1) is 8.02. The Balaban J connectivity index is 2.96. The van der Waals surface area contributed by atoms with Gasteiger partial charge in [-0.25, -0.2) is 9.63 Å². The summed E-state index contributed by atoms with van der Waals surface area (Å²) in [5, 5.41) is 17.4. The third-order valence-corrected chi connectivity index (χ3v) is 1.78. The predicted octanol–water partition coefficient (Wildman–Crippen LogP) is 1.47. The molecule has 0 heterocycles. The van der Waals surface area contributed by atoms with Gasteiger partial charge in [0, 0.05) is 6.07 Å². The molecule has 1 rings (SSSR count). The van der Waals surface area contributed by atoms with Gasteiger partial charge in [-0.05, 0) is 26.0 Å². The van der Waals surface area contributed by atoms with Crippen LogP contribution in [-0.2, 0) is 4.84 Å². The maximum Gasteiger partial charge on any atom is 0.335 e. The number of aromatic carboxylic acids is 1. The van der Waals surface area contributed by atoms with Gasteiger partial charge in [0.25, 0.3) is 0 Å². The van der Waals surface area contributed by atoms with Crippen LogP contribution in [0.25, 0.3) is 0 Å². The second-order valence-corrected chi connectivity index (χ2v) is 3.59. The minimum absolute atomic E-state index is 0.0642. The van der Waals surface area contributed by atoms with Crippen LogP contribution in [0.2, 0.25) is 0 Å². The van der Waals surface area contributed by atoms with Crippen LogP contribution in [0.5, 0.6) is 5.75 Å². The Morgan fingerprint density at radius 2 is 2.12 bits per heavy atom. The average Bonchev–Trinajstić information content (AvgIpc) is 2.25. The van der Waals surface area contributed by atoms with Crippen LogP contribution in [-0.4, -0.2) is 29.1 Å². The summed E-state index contributed by atoms with van der Waals surface area (Å²) >= 11 is 0. The molecule has 0 fully saturated rings. The first-order valence-corrected chi connectivity index (χ1v) is 5.06. The maximum atomic E-state index is 10.9. The molecule has 6 heteroatoms. The average molecular weight is 241 g/mol. The van der Waals surface area contributed by atoms with E-state index >= 15 is 0 Å². The fourth-order valence-electron chi connectivity index (χ4n) is 1.24. The molecule has 0 atom stereocenters. The molecule has 0 aliphatic rings. The van der Waals surface area contributed by atoms with Crippen molar-refractivity contribution in [2.75, 3.05) is 12.3 Å². The van der Waals surface area contributed by atoms with Gasteiger partial charge in [0.05, 0.1) is 17.4 Å². The highest BCUT2D eigenvalue weighted by Crippen LogP contribution is 2.22. The normalized spacial score (nSPS) is 10.4. The van der Waals surface area contributed by atoms with Crippen molar-refractivity contribution in [1.82, 2.24) is 0 Å². The topological polar surface area (TPSA) is 88.0 Å². The van der Waals surface area contributed by atoms with Crippen LogP contribution in [0.4, 0.5) is 5.69 Å². The molecule has 0 amide bonds. The number of aliphatic hydroxyl groups is 1. The van der Waals surface area contributed by atoms with E-state index in [-0.39, 0.29) is 11.7 Å². The third-order valence-electron chi connectivity index (χ3n) is 1.78. The first kappa shape index (κ1) is 13.3. The molecular weight excluding hydrogens is 226 g/mol. The molecule has 0 unspecified atom stereocenters. The minimum atomic E-state index is -1.06. The molecule has 0 bridgehead atoms. The Morgan fingerprint density at radius 3 is 2.65 bits per heavy atom. The Hall–Kier alpha value is -1.79. The van der Waals surface area contributed by atoms with E-state index in [2.05, 4.69) is 10.3 Å². The first-order valence-electron chi connectivity index (χ1n) is 5.06. The van der Waals surface area contributed by atoms with Crippen LogP contribution in [0.15, 0.2) is 18.2 Å². The number of ether oxygens (including phenoxy) is 1. The predicted molar refractivity (Wildman–Crippen MR) is 61.0 cm³/mol. The van der Waals surface area contributed by atoms with Crippen LogP contribution in [0.1, 0.15) is 24.2 Å². The molecule has 6 nitrogen and oxygen atoms in total. The summed E-state index contributed by atoms with van der Waals surface area (Å²) in [4.78, 5) is 15.5. The van der Waals surface area contributed by atoms with E-state index in [0.29, 0.717) is 11.4 Å². The van der Waals surface area contributed by atoms with E-state index in [0.717, 1.165) is 0 Å². The van der Waals surface area contributed by atoms with Crippen molar-refractivity contribution in [3.63, 3.8) is 0 Å². The molecular formula is C11H15NO5. The number of carbonyl (C=O) groups is 1. The summed E-state index contributed by atoms with van der Waals surface area (Å²) in [7, 11) is 0. The van der Waals surface area contributed by atoms with Crippen molar-refractivity contribution in [1.29, 1.82) is 0 Å². The SMILES string of the molecule is CC(C)Oc1cc(NOCO)cc(C(=O)O)c1. The number of carboxylic acids is 1. The zero-order valence-corrected chi connectivity index (χ0v) is 9.64. The van der Waals surface area contributed by atoms with Crippen molar-refractivity contribution in [2.45, 2.75) is 20.0 Å². The van der Waals surface area contributed by atoms with Crippen LogP contribution in [0.3, 0.4) is 0 Å². The molecule has 0 saturated heterocycles. The third kappa shape index (κ3) is 4.29. The van der Waals surface area contributed by atoms with Crippen molar-refractivity contribution in [3.05, 3.63) is 23.8 Å². The van der Waals surface area contributed by atoms with Gasteiger partial charge in [-0.3, -0.25) is 5.48 Å². The molecule has 1 aromatic carbocycles. The fourth-order valence-corrected chi connectivity index (χ4v) is 1.24. The second-order valence-electron chi connectivity index (χ2n) is 3.59. The van der Waals surface area contributed by atoms with E-state index in [4.69, 9.17) is 14.9 Å². The van der Waals surface area contributed by atoms with Gasteiger partial charge >= 0.3 is 5.97 Å². The standard InChI is InChI=1S/C11H15NO5/c1-7(2)17-10-4-8(11(14)15)3-9(5-10)12-16-6-13/h3-5,7,12-13H,6H2,1-2H3,(H,14,15). The zero-order valence-electron chi connectivity index (χ0n) is 9.64. The van der Waals surface area contributed by atoms with Crippen molar-refractivity contribution < 1.29 is 24.6 Å². The van der Waals surface area contributed by atoms with Crippen LogP contribution < -0.4 is 10.2 Å². The number of hydrogen-bond donors (Lipinski definition) is 3. The van der Waals surface area contributed by atoms with Crippen molar-refractivity contribution >= 4 is 11.7 Å². The van der Waals surface area contributed by atoms with Gasteiger partial charge in [-0.1, -0.05) is 0 Å². The molecule has 94 valence electrons. The molecule has 3 N–H and O–H groups in total. The summed E-state index contributed by atoms with van der Waals surface area (Å²) in [5.41, 5.74) is 2.88. The minimum Gasteiger partial charge on any atom is -0.491 e. The Kier molecular flexibility index (Phi) is 4.74. The zero-order chi connectivity index (χ0) is 12.8. The molecule has 0 aliphatic carbocycles. The largest absolute Gasteiger partial charge is 0.491 e. The van der Waals surface area contributed by atoms with Gasteiger partial charge in [0.15, 0.2) is 6.79 Å². The number of hydrogen-bond acceptors (Lipinski definition) is 5. The van der Waals surface area contributed by atoms with Gasteiger partial charge in [-0.2, -0.15) is 0 Å². The van der Waals surface area contributed by atoms with E-state index in [9.17, 15) is 4.79 Å². The number of benzene rings is 1. The number of anilines is 1. The van der Waals surface area contributed by atoms with E-state index in [1.165, 1.54) is 12.1 Å². The molecule has 0 aromatic heterocycles. The highest BCUT2D eigenvalue weighted by atomic mass is 16.7. The Bertz CT molecular complexity index is 391. The van der Waals surface area contributed by atoms with Gasteiger partial charge in [-0.15, -0.1) is 0 Å². The lowest BCUT2D eigenvalue weighted by Gasteiger charge is -2.12. The number of carboxylic acid groups (broad SMARTS) is 1. The lowest BCUT2D eigenvalue weighted by atomic mass is 10.2. The number of aliphatic hydroxyl groups excluding tert-OH is 1. The van der Waals surface area contributed by atoms with E-state index in [1.807, 2.05) is 13.8 Å². The van der Waals surface area contributed by atoms with Gasteiger partial charge < -0.3 is 14.9 Å². The van der Waals surface area contributed by atoms with Crippen LogP contribution >= 0.6 is 0 Å². The molecule has 0 radical (unpaired) electrons. The molecule has 0 saturated carbocycles. The van der Waals surface area contributed by atoms with Crippen LogP contribution in [0, 0.1) is 0 Å². The second kappa shape index (κ2) is 6.07. The molecule has 1 aromatic rings. The van der Waals surface area contributed by atoms with E-state index < -0.39 is 12.8 Å². The number of rotatable bonds is 6. The summed E-state index contributed by atoms with van der Waals surface area (Å²) < 4.78 is 5.40. The smallest absolute Gasteiger partial charge is 0.335 e. The quantitative estimate of drug-likeness (QED) is 0.516. The molecule has 17 heavy (non-hydrogen) atoms. The molecule has 0 spiro atoms. The lowest BCUT2D eigenvalue weighted by Crippen LogP contribution is -2.08.